The van der Waals surface area contributed by atoms with Gasteiger partial charge in [-0.05, 0) is 24.6 Å². The van der Waals surface area contributed by atoms with Gasteiger partial charge in [-0.15, -0.1) is 0 Å². The van der Waals surface area contributed by atoms with Crippen molar-refractivity contribution in [1.29, 1.82) is 0 Å². The van der Waals surface area contributed by atoms with E-state index < -0.39 is 21.7 Å². The van der Waals surface area contributed by atoms with Crippen LogP contribution in [0, 0.1) is 27.2 Å². The fourth-order valence-electron chi connectivity index (χ4n) is 2.07. The summed E-state index contributed by atoms with van der Waals surface area (Å²) in [7, 11) is 0. The minimum absolute atomic E-state index is 0.0361. The average Bonchev–Trinajstić information content (AvgIpc) is 3.11. The molecular formula is C16H15N5O6S. The molecule has 11 nitrogen and oxygen atoms in total. The van der Waals surface area contributed by atoms with Gasteiger partial charge in [0.1, 0.15) is 0 Å². The maximum atomic E-state index is 11.9. The highest BCUT2D eigenvalue weighted by Crippen LogP contribution is 2.22. The Balaban J connectivity index is 1.79. The highest BCUT2D eigenvalue weighted by atomic mass is 32.1. The van der Waals surface area contributed by atoms with Crippen LogP contribution in [0.5, 0.6) is 0 Å². The summed E-state index contributed by atoms with van der Waals surface area (Å²) >= 11 is 0.910. The van der Waals surface area contributed by atoms with Crippen LogP contribution in [0.3, 0.4) is 0 Å². The SMILES string of the molecule is Cc1cc([N+](=O)[O-])ccc1NC(=O)CCC(=O)N/N=C\c1ccc([N+](=O)[O-])s1. The summed E-state index contributed by atoms with van der Waals surface area (Å²) in [4.78, 5) is 44.4. The Kier molecular flexibility index (Phi) is 6.87. The van der Waals surface area contributed by atoms with Gasteiger partial charge in [0.25, 0.3) is 5.69 Å². The Morgan fingerprint density at radius 1 is 1.11 bits per heavy atom. The van der Waals surface area contributed by atoms with Crippen LogP contribution in [0.4, 0.5) is 16.4 Å². The van der Waals surface area contributed by atoms with Gasteiger partial charge in [0, 0.05) is 36.7 Å². The van der Waals surface area contributed by atoms with E-state index in [9.17, 15) is 29.8 Å². The van der Waals surface area contributed by atoms with E-state index in [4.69, 9.17) is 0 Å². The van der Waals surface area contributed by atoms with Gasteiger partial charge in [-0.1, -0.05) is 11.3 Å². The predicted octanol–water partition coefficient (Wildman–Crippen LogP) is 2.74. The van der Waals surface area contributed by atoms with Crippen LogP contribution in [0.1, 0.15) is 23.3 Å². The summed E-state index contributed by atoms with van der Waals surface area (Å²) in [5, 5.41) is 27.5. The second-order valence-electron chi connectivity index (χ2n) is 5.53. The number of hydrazone groups is 1. The number of anilines is 1. The molecule has 0 aliphatic heterocycles. The van der Waals surface area contributed by atoms with Crippen LogP contribution in [0.2, 0.25) is 0 Å². The largest absolute Gasteiger partial charge is 0.326 e. The molecule has 0 saturated carbocycles. The zero-order chi connectivity index (χ0) is 20.7. The van der Waals surface area contributed by atoms with Crippen LogP contribution in [-0.2, 0) is 9.59 Å². The molecule has 2 N–H and O–H groups in total. The average molecular weight is 405 g/mol. The maximum absolute atomic E-state index is 11.9. The van der Waals surface area contributed by atoms with Gasteiger partial charge in [0.15, 0.2) is 0 Å². The summed E-state index contributed by atoms with van der Waals surface area (Å²) in [5.74, 6) is -0.928. The molecule has 0 radical (unpaired) electrons. The fourth-order valence-corrected chi connectivity index (χ4v) is 2.77. The first kappa shape index (κ1) is 20.6. The number of nitro benzene ring substituents is 1. The van der Waals surface area contributed by atoms with E-state index in [0.717, 1.165) is 11.3 Å². The molecule has 2 aromatic rings. The van der Waals surface area contributed by atoms with Crippen molar-refractivity contribution < 1.29 is 19.4 Å². The Morgan fingerprint density at radius 2 is 1.82 bits per heavy atom. The van der Waals surface area contributed by atoms with Crippen molar-refractivity contribution in [2.75, 3.05) is 5.32 Å². The molecule has 0 saturated heterocycles. The minimum Gasteiger partial charge on any atom is -0.326 e. The molecule has 12 heteroatoms. The normalized spacial score (nSPS) is 10.6. The molecule has 2 rings (SSSR count). The molecule has 0 fully saturated rings. The molecule has 1 aromatic heterocycles. The topological polar surface area (TPSA) is 157 Å². The third-order valence-corrected chi connectivity index (χ3v) is 4.42. The maximum Gasteiger partial charge on any atom is 0.324 e. The third-order valence-electron chi connectivity index (χ3n) is 3.45. The number of rotatable bonds is 8. The van der Waals surface area contributed by atoms with Crippen molar-refractivity contribution in [2.24, 2.45) is 5.10 Å². The van der Waals surface area contributed by atoms with Crippen molar-refractivity contribution in [2.45, 2.75) is 19.8 Å². The van der Waals surface area contributed by atoms with Crippen LogP contribution in [0.15, 0.2) is 35.4 Å². The van der Waals surface area contributed by atoms with Crippen molar-refractivity contribution in [3.8, 4) is 0 Å². The molecule has 28 heavy (non-hydrogen) atoms. The van der Waals surface area contributed by atoms with Crippen LogP contribution in [-0.4, -0.2) is 27.9 Å². The van der Waals surface area contributed by atoms with Crippen molar-refractivity contribution >= 4 is 45.7 Å². The Morgan fingerprint density at radius 3 is 2.43 bits per heavy atom. The molecule has 0 aliphatic carbocycles. The van der Waals surface area contributed by atoms with E-state index in [1.807, 2.05) is 0 Å². The van der Waals surface area contributed by atoms with Crippen LogP contribution >= 0.6 is 11.3 Å². The Labute approximate surface area is 162 Å². The Bertz CT molecular complexity index is 955. The number of aryl methyl sites for hydroxylation is 1. The summed E-state index contributed by atoms with van der Waals surface area (Å²) in [6.07, 6.45) is 1.04. The summed E-state index contributed by atoms with van der Waals surface area (Å²) in [6.45, 7) is 1.62. The standard InChI is InChI=1S/C16H15N5O6S/c1-10-8-11(20(24)25)2-4-13(10)18-14(22)5-6-15(23)19-17-9-12-3-7-16(28-12)21(26)27/h2-4,7-9H,5-6H2,1H3,(H,18,22)(H,19,23)/b17-9-. The molecule has 0 unspecified atom stereocenters. The number of non-ortho nitro benzene ring substituents is 1. The van der Waals surface area contributed by atoms with Gasteiger partial charge in [0.2, 0.25) is 11.8 Å². The zero-order valence-electron chi connectivity index (χ0n) is 14.6. The first-order valence-electron chi connectivity index (χ1n) is 7.87. The lowest BCUT2D eigenvalue weighted by Crippen LogP contribution is -2.20. The van der Waals surface area contributed by atoms with Gasteiger partial charge in [-0.3, -0.25) is 29.8 Å². The molecule has 2 amide bonds. The van der Waals surface area contributed by atoms with Gasteiger partial charge in [-0.2, -0.15) is 5.10 Å². The number of benzene rings is 1. The second kappa shape index (κ2) is 9.32. The number of nitrogens with one attached hydrogen (secondary N) is 2. The number of hydrogen-bond acceptors (Lipinski definition) is 8. The number of nitrogens with zero attached hydrogens (tertiary/aromatic N) is 3. The van der Waals surface area contributed by atoms with E-state index >= 15 is 0 Å². The lowest BCUT2D eigenvalue weighted by molar-refractivity contribution is -0.384. The Hall–Kier alpha value is -3.67. The molecule has 0 bridgehead atoms. The van der Waals surface area contributed by atoms with Crippen molar-refractivity contribution in [3.63, 3.8) is 0 Å². The summed E-state index contributed by atoms with van der Waals surface area (Å²) < 4.78 is 0. The lowest BCUT2D eigenvalue weighted by Gasteiger charge is -2.07. The van der Waals surface area contributed by atoms with Gasteiger partial charge < -0.3 is 5.32 Å². The number of carbonyl (C=O) groups is 2. The van der Waals surface area contributed by atoms with Crippen LogP contribution in [0.25, 0.3) is 0 Å². The number of carbonyl (C=O) groups excluding carboxylic acids is 2. The van der Waals surface area contributed by atoms with Crippen molar-refractivity contribution in [3.05, 3.63) is 61.0 Å². The molecule has 0 atom stereocenters. The van der Waals surface area contributed by atoms with E-state index in [1.54, 1.807) is 6.92 Å². The summed E-state index contributed by atoms with van der Waals surface area (Å²) in [6, 6.07) is 6.87. The van der Waals surface area contributed by atoms with Gasteiger partial charge >= 0.3 is 5.00 Å². The number of thiophene rings is 1. The smallest absolute Gasteiger partial charge is 0.324 e. The zero-order valence-corrected chi connectivity index (χ0v) is 15.4. The van der Waals surface area contributed by atoms with E-state index in [1.165, 1.54) is 36.5 Å². The monoisotopic (exact) mass is 405 g/mol. The third kappa shape index (κ3) is 5.95. The first-order chi connectivity index (χ1) is 13.3. The molecule has 1 aromatic carbocycles. The van der Waals surface area contributed by atoms with E-state index in [2.05, 4.69) is 15.8 Å². The molecule has 0 aliphatic rings. The highest BCUT2D eigenvalue weighted by molar-refractivity contribution is 7.16. The number of nitro groups is 2. The quantitative estimate of drug-likeness (QED) is 0.390. The molecule has 0 spiro atoms. The van der Waals surface area contributed by atoms with E-state index in [0.29, 0.717) is 16.1 Å². The predicted molar refractivity (Wildman–Crippen MR) is 102 cm³/mol. The summed E-state index contributed by atoms with van der Waals surface area (Å²) in [5.41, 5.74) is 3.11. The van der Waals surface area contributed by atoms with Crippen molar-refractivity contribution in [1.82, 2.24) is 5.43 Å². The highest BCUT2D eigenvalue weighted by Gasteiger charge is 2.12. The van der Waals surface area contributed by atoms with E-state index in [-0.39, 0.29) is 23.5 Å². The van der Waals surface area contributed by atoms with Crippen LogP contribution < -0.4 is 10.7 Å². The number of hydrogen-bond donors (Lipinski definition) is 2. The molecule has 146 valence electrons. The first-order valence-corrected chi connectivity index (χ1v) is 8.69. The molecule has 1 heterocycles. The van der Waals surface area contributed by atoms with Gasteiger partial charge in [-0.25, -0.2) is 5.43 Å². The second-order valence-corrected chi connectivity index (χ2v) is 6.62. The number of amides is 2. The minimum atomic E-state index is -0.530. The molecular weight excluding hydrogens is 390 g/mol. The van der Waals surface area contributed by atoms with Gasteiger partial charge in [0.05, 0.1) is 20.9 Å². The lowest BCUT2D eigenvalue weighted by atomic mass is 10.1. The fraction of sp³-hybridized carbons (Fsp3) is 0.188.